The summed E-state index contributed by atoms with van der Waals surface area (Å²) in [7, 11) is -3.20. The third-order valence-electron chi connectivity index (χ3n) is 10.7. The number of benzene rings is 2. The summed E-state index contributed by atoms with van der Waals surface area (Å²) in [6, 6.07) is 20.5. The Labute approximate surface area is 304 Å². The monoisotopic (exact) mass is 752 g/mol. The Bertz CT molecular complexity index is 1870. The number of allylic oxidation sites excluding steroid dienone is 1. The van der Waals surface area contributed by atoms with Crippen molar-refractivity contribution in [1.82, 2.24) is 19.5 Å². The molecule has 4 heterocycles. The van der Waals surface area contributed by atoms with Gasteiger partial charge < -0.3 is 18.2 Å². The second-order valence-corrected chi connectivity index (χ2v) is 25.7. The van der Waals surface area contributed by atoms with Gasteiger partial charge in [0, 0.05) is 5.25 Å². The van der Waals surface area contributed by atoms with Crippen molar-refractivity contribution in [2.75, 3.05) is 6.61 Å². The molecule has 266 valence electrons. The van der Waals surface area contributed by atoms with Gasteiger partial charge in [0.15, 0.2) is 18.0 Å². The molecule has 2 aliphatic heterocycles. The van der Waals surface area contributed by atoms with Gasteiger partial charge in [0.1, 0.15) is 24.1 Å². The van der Waals surface area contributed by atoms with Gasteiger partial charge in [-0.1, -0.05) is 105 Å². The average Bonchev–Trinajstić information content (AvgIpc) is 3.73. The smallest absolute Gasteiger partial charge is 0.261 e. The summed E-state index contributed by atoms with van der Waals surface area (Å²) < 4.78 is 46.5. The maximum atomic E-state index is 17.4. The van der Waals surface area contributed by atoms with Crippen molar-refractivity contribution < 1.29 is 22.6 Å². The molecule has 7 rings (SSSR count). The summed E-state index contributed by atoms with van der Waals surface area (Å²) in [5.41, 5.74) is -0.150. The molecule has 4 aromatic rings. The van der Waals surface area contributed by atoms with Gasteiger partial charge in [0.2, 0.25) is 5.69 Å². The van der Waals surface area contributed by atoms with E-state index in [4.69, 9.17) is 30.0 Å². The fourth-order valence-electron chi connectivity index (χ4n) is 7.85. The van der Waals surface area contributed by atoms with Gasteiger partial charge in [-0.3, -0.25) is 4.57 Å². The highest BCUT2D eigenvalue weighted by Gasteiger charge is 2.58. The Morgan fingerprint density at radius 1 is 1.12 bits per heavy atom. The molecule has 0 N–H and O–H groups in total. The lowest BCUT2D eigenvalue weighted by Crippen LogP contribution is -2.69. The summed E-state index contributed by atoms with van der Waals surface area (Å²) in [6.07, 6.45) is 1.50. The van der Waals surface area contributed by atoms with Gasteiger partial charge in [0.25, 0.3) is 8.32 Å². The maximum absolute atomic E-state index is 17.4. The van der Waals surface area contributed by atoms with Crippen LogP contribution in [0.5, 0.6) is 0 Å². The van der Waals surface area contributed by atoms with Gasteiger partial charge in [-0.25, -0.2) is 19.3 Å². The SMILES string of the molecule is C=C(C)[C@H]1CC[C@@]2(C)OP(=S)(OC[C@H]3O[C@@H](n4cnc5c(C)ncnc54)[C@@H](F)[C@@H]3O[Si](c3ccccc3)(c3ccccc3)C(C)(C)C)S[C@@H]2C1. The van der Waals surface area contributed by atoms with Crippen molar-refractivity contribution in [2.24, 2.45) is 5.92 Å². The molecule has 2 saturated heterocycles. The minimum absolute atomic E-state index is 0.0252. The van der Waals surface area contributed by atoms with E-state index in [0.717, 1.165) is 29.6 Å². The van der Waals surface area contributed by atoms with Crippen molar-refractivity contribution in [3.05, 3.63) is 91.2 Å². The van der Waals surface area contributed by atoms with Crippen molar-refractivity contribution in [2.45, 2.75) is 101 Å². The van der Waals surface area contributed by atoms with Crippen molar-refractivity contribution in [1.29, 1.82) is 0 Å². The van der Waals surface area contributed by atoms with Crippen LogP contribution in [0.3, 0.4) is 0 Å². The lowest BCUT2D eigenvalue weighted by molar-refractivity contribution is -0.0417. The molecule has 8 nitrogen and oxygen atoms in total. The Kier molecular flexibility index (Phi) is 9.82. The lowest BCUT2D eigenvalue weighted by Gasteiger charge is -2.45. The minimum Gasteiger partial charge on any atom is -0.399 e. The summed E-state index contributed by atoms with van der Waals surface area (Å²) in [6.45, 7) is 16.9. The number of halogens is 1. The number of hydrogen-bond acceptors (Lipinski definition) is 9. The number of nitrogens with zero attached hydrogens (tertiary/aromatic N) is 4. The second-order valence-electron chi connectivity index (χ2n) is 15.1. The van der Waals surface area contributed by atoms with E-state index in [2.05, 4.69) is 80.4 Å². The topological polar surface area (TPSA) is 80.5 Å². The zero-order valence-corrected chi connectivity index (χ0v) is 33.0. The van der Waals surface area contributed by atoms with Crippen molar-refractivity contribution in [3.8, 4) is 0 Å². The number of imidazole rings is 1. The van der Waals surface area contributed by atoms with E-state index < -0.39 is 38.6 Å². The molecule has 8 atom stereocenters. The van der Waals surface area contributed by atoms with E-state index in [-0.39, 0.29) is 22.5 Å². The molecule has 2 aromatic heterocycles. The van der Waals surface area contributed by atoms with Crippen molar-refractivity contribution in [3.63, 3.8) is 0 Å². The Morgan fingerprint density at radius 3 is 2.40 bits per heavy atom. The van der Waals surface area contributed by atoms with Crippen LogP contribution in [0.1, 0.15) is 65.8 Å². The third-order valence-corrected chi connectivity index (χ3v) is 21.4. The molecule has 3 aliphatic rings. The molecule has 13 heteroatoms. The van der Waals surface area contributed by atoms with Crippen LogP contribution in [0.2, 0.25) is 5.04 Å². The molecule has 50 heavy (non-hydrogen) atoms. The molecule has 1 aliphatic carbocycles. The number of rotatable bonds is 9. The second kappa shape index (κ2) is 13.6. The molecular weight excluding hydrogens is 707 g/mol. The van der Waals surface area contributed by atoms with Gasteiger partial charge >= 0.3 is 0 Å². The largest absolute Gasteiger partial charge is 0.399 e. The number of aryl methyl sites for hydroxylation is 1. The highest BCUT2D eigenvalue weighted by Crippen LogP contribution is 2.75. The van der Waals surface area contributed by atoms with Crippen LogP contribution in [0.15, 0.2) is 85.5 Å². The average molecular weight is 753 g/mol. The first-order chi connectivity index (χ1) is 23.7. The predicted molar refractivity (Wildman–Crippen MR) is 205 cm³/mol. The molecule has 3 fully saturated rings. The Balaban J connectivity index is 1.26. The molecule has 1 saturated carbocycles. The number of ether oxygens (including phenoxy) is 1. The van der Waals surface area contributed by atoms with Crippen LogP contribution in [-0.2, 0) is 30.0 Å². The van der Waals surface area contributed by atoms with Crippen molar-refractivity contribution >= 4 is 58.7 Å². The molecule has 1 unspecified atom stereocenters. The number of fused-ring (bicyclic) bond motifs is 2. The summed E-state index contributed by atoms with van der Waals surface area (Å²) in [5, 5.41) is 1.93. The molecular formula is C37H46FN4O4PS2Si. The van der Waals surface area contributed by atoms with Crippen LogP contribution in [-0.4, -0.2) is 63.7 Å². The summed E-state index contributed by atoms with van der Waals surface area (Å²) >= 11 is 7.80. The molecule has 0 amide bonds. The molecule has 0 bridgehead atoms. The summed E-state index contributed by atoms with van der Waals surface area (Å²) in [4.78, 5) is 13.3. The Morgan fingerprint density at radius 2 is 1.78 bits per heavy atom. The van der Waals surface area contributed by atoms with Gasteiger partial charge in [0.05, 0.1) is 24.2 Å². The predicted octanol–water partition coefficient (Wildman–Crippen LogP) is 7.82. The van der Waals surface area contributed by atoms with Crippen LogP contribution in [0.25, 0.3) is 11.2 Å². The molecule has 2 aromatic carbocycles. The van der Waals surface area contributed by atoms with E-state index >= 15 is 4.39 Å². The van der Waals surface area contributed by atoms with E-state index in [1.165, 1.54) is 11.9 Å². The zero-order chi connectivity index (χ0) is 35.5. The van der Waals surface area contributed by atoms with E-state index in [1.807, 2.05) is 43.3 Å². The first kappa shape index (κ1) is 36.1. The lowest BCUT2D eigenvalue weighted by atomic mass is 9.77. The van der Waals surface area contributed by atoms with Crippen LogP contribution in [0.4, 0.5) is 4.39 Å². The van der Waals surface area contributed by atoms with Gasteiger partial charge in [-0.15, -0.1) is 0 Å². The first-order valence-corrected chi connectivity index (χ1v) is 23.3. The van der Waals surface area contributed by atoms with E-state index in [0.29, 0.717) is 22.8 Å². The fourth-order valence-corrected chi connectivity index (χ4v) is 19.4. The van der Waals surface area contributed by atoms with Gasteiger partial charge in [-0.05, 0) is 73.2 Å². The Hall–Kier alpha value is -2.28. The highest BCUT2D eigenvalue weighted by atomic mass is 32.9. The van der Waals surface area contributed by atoms with Crippen LogP contribution >= 0.6 is 17.1 Å². The molecule has 0 radical (unpaired) electrons. The first-order valence-electron chi connectivity index (χ1n) is 17.3. The van der Waals surface area contributed by atoms with Gasteiger partial charge in [-0.2, -0.15) is 0 Å². The quantitative estimate of drug-likeness (QED) is 0.0966. The number of hydrogen-bond donors (Lipinski definition) is 0. The van der Waals surface area contributed by atoms with E-state index in [9.17, 15) is 0 Å². The van der Waals surface area contributed by atoms with Crippen LogP contribution < -0.4 is 10.4 Å². The van der Waals surface area contributed by atoms with Crippen LogP contribution in [0, 0.1) is 12.8 Å². The highest BCUT2D eigenvalue weighted by molar-refractivity contribution is 8.68. The summed E-state index contributed by atoms with van der Waals surface area (Å²) in [5.74, 6) is 0.443. The molecule has 0 spiro atoms. The number of alkyl halides is 1. The normalized spacial score (nSPS) is 31.6. The standard InChI is InChI=1S/C37H46FN4O4PS2Si/c1-24(2)26-18-19-37(7)30(20-26)49-47(48,46-37)43-21-29-33(31(38)35(44-29)42-23-41-32-25(3)39-22-40-34(32)42)45-50(36(4,5)6,27-14-10-8-11-15-27)28-16-12-9-13-17-28/h8-17,22-23,26,29-31,33,35H,1,18-21H2,2-7H3/t26-,29+,30+,31-,33+,35+,37+,47?/m0/s1. The zero-order valence-electron chi connectivity index (χ0n) is 29.5. The van der Waals surface area contributed by atoms with E-state index in [1.54, 1.807) is 22.3 Å². The minimum atomic E-state index is -3.20. The maximum Gasteiger partial charge on any atom is 0.261 e. The number of aromatic nitrogens is 4. The fraction of sp³-hybridized carbons (Fsp3) is 0.486. The third kappa shape index (κ3) is 6.38.